The van der Waals surface area contributed by atoms with E-state index in [1.165, 1.54) is 6.26 Å². The van der Waals surface area contributed by atoms with Crippen LogP contribution in [-0.2, 0) is 21.2 Å². The number of fused-ring (bicyclic) bond motifs is 2. The first kappa shape index (κ1) is 16.4. The fourth-order valence-electron chi connectivity index (χ4n) is 3.99. The lowest BCUT2D eigenvalue weighted by atomic mass is 9.99. The molecule has 2 bridgehead atoms. The Morgan fingerprint density at radius 3 is 2.39 bits per heavy atom. The van der Waals surface area contributed by atoms with Gasteiger partial charge in [-0.15, -0.1) is 0 Å². The minimum Gasteiger partial charge on any atom is -0.361 e. The first-order chi connectivity index (χ1) is 10.8. The minimum atomic E-state index is -3.17. The minimum absolute atomic E-state index is 0.0214. The number of hydrogen-bond acceptors (Lipinski definition) is 5. The Balaban J connectivity index is 1.62. The van der Waals surface area contributed by atoms with Gasteiger partial charge in [-0.25, -0.2) is 8.42 Å². The highest BCUT2D eigenvalue weighted by molar-refractivity contribution is 7.88. The van der Waals surface area contributed by atoms with Crippen LogP contribution >= 0.6 is 0 Å². The molecule has 3 rings (SSSR count). The monoisotopic (exact) mass is 341 g/mol. The van der Waals surface area contributed by atoms with Crippen molar-refractivity contribution in [2.45, 2.75) is 64.1 Å². The quantitative estimate of drug-likeness (QED) is 0.878. The number of piperidine rings is 1. The molecule has 0 radical (unpaired) electrons. The fraction of sp³-hybridized carbons (Fsp3) is 0.733. The second kappa shape index (κ2) is 5.90. The molecule has 0 saturated carbocycles. The fourth-order valence-corrected chi connectivity index (χ4v) is 5.45. The van der Waals surface area contributed by atoms with Crippen molar-refractivity contribution in [2.24, 2.45) is 0 Å². The van der Waals surface area contributed by atoms with E-state index in [0.717, 1.165) is 24.1 Å². The van der Waals surface area contributed by atoms with Gasteiger partial charge in [0, 0.05) is 23.7 Å². The van der Waals surface area contributed by atoms with Crippen molar-refractivity contribution in [3.8, 4) is 0 Å². The van der Waals surface area contributed by atoms with Crippen LogP contribution in [0, 0.1) is 13.8 Å². The smallest absolute Gasteiger partial charge is 0.224 e. The molecule has 0 aromatic carbocycles. The average molecular weight is 341 g/mol. The topological polar surface area (TPSA) is 92.5 Å². The average Bonchev–Trinajstić information content (AvgIpc) is 2.90. The molecule has 2 fully saturated rings. The van der Waals surface area contributed by atoms with Gasteiger partial charge in [-0.2, -0.15) is 4.31 Å². The summed E-state index contributed by atoms with van der Waals surface area (Å²) in [4.78, 5) is 12.3. The molecule has 7 nitrogen and oxygen atoms in total. The molecular weight excluding hydrogens is 318 g/mol. The van der Waals surface area contributed by atoms with E-state index < -0.39 is 10.0 Å². The summed E-state index contributed by atoms with van der Waals surface area (Å²) in [6.45, 7) is 3.62. The molecule has 1 amide bonds. The highest BCUT2D eigenvalue weighted by Gasteiger charge is 2.45. The van der Waals surface area contributed by atoms with E-state index in [1.807, 2.05) is 6.92 Å². The van der Waals surface area contributed by atoms with E-state index in [2.05, 4.69) is 10.5 Å². The largest absolute Gasteiger partial charge is 0.361 e. The third-order valence-electron chi connectivity index (χ3n) is 4.93. The number of nitrogens with one attached hydrogen (secondary N) is 1. The van der Waals surface area contributed by atoms with Crippen LogP contribution in [0.1, 0.15) is 42.7 Å². The van der Waals surface area contributed by atoms with E-state index in [9.17, 15) is 13.2 Å². The highest BCUT2D eigenvalue weighted by atomic mass is 32.2. The van der Waals surface area contributed by atoms with Gasteiger partial charge in [-0.1, -0.05) is 5.16 Å². The second-order valence-corrected chi connectivity index (χ2v) is 8.58. The number of nitrogens with zero attached hydrogens (tertiary/aromatic N) is 2. The summed E-state index contributed by atoms with van der Waals surface area (Å²) >= 11 is 0. The Kier molecular flexibility index (Phi) is 4.22. The summed E-state index contributed by atoms with van der Waals surface area (Å²) in [6.07, 6.45) is 4.67. The van der Waals surface area contributed by atoms with Gasteiger partial charge in [0.25, 0.3) is 0 Å². The molecule has 1 N–H and O–H groups in total. The molecule has 0 aliphatic carbocycles. The predicted octanol–water partition coefficient (Wildman–Crippen LogP) is 0.905. The van der Waals surface area contributed by atoms with Gasteiger partial charge in [-0.05, 0) is 39.5 Å². The molecule has 2 atom stereocenters. The number of carbonyl (C=O) groups excluding carboxylic acids is 1. The number of amides is 1. The maximum Gasteiger partial charge on any atom is 0.224 e. The van der Waals surface area contributed by atoms with Crippen LogP contribution in [0.4, 0.5) is 0 Å². The van der Waals surface area contributed by atoms with E-state index in [0.29, 0.717) is 18.6 Å². The Morgan fingerprint density at radius 2 is 1.91 bits per heavy atom. The lowest BCUT2D eigenvalue weighted by Crippen LogP contribution is -2.52. The van der Waals surface area contributed by atoms with Gasteiger partial charge in [0.2, 0.25) is 15.9 Å². The van der Waals surface area contributed by atoms with E-state index in [-0.39, 0.29) is 30.5 Å². The SMILES string of the molecule is Cc1noc(C)c1CC(=O)NC1CC2CCC(C1)N2S(C)(=O)=O. The lowest BCUT2D eigenvalue weighted by Gasteiger charge is -2.37. The van der Waals surface area contributed by atoms with Crippen LogP contribution in [0.5, 0.6) is 0 Å². The summed E-state index contributed by atoms with van der Waals surface area (Å²) in [7, 11) is -3.17. The zero-order valence-electron chi connectivity index (χ0n) is 13.7. The van der Waals surface area contributed by atoms with Crippen molar-refractivity contribution in [2.75, 3.05) is 6.26 Å². The zero-order chi connectivity index (χ0) is 16.8. The third kappa shape index (κ3) is 3.28. The molecule has 23 heavy (non-hydrogen) atoms. The van der Waals surface area contributed by atoms with Crippen LogP contribution < -0.4 is 5.32 Å². The summed E-state index contributed by atoms with van der Waals surface area (Å²) in [5.41, 5.74) is 1.57. The van der Waals surface area contributed by atoms with Crippen molar-refractivity contribution in [1.82, 2.24) is 14.8 Å². The van der Waals surface area contributed by atoms with Gasteiger partial charge < -0.3 is 9.84 Å². The van der Waals surface area contributed by atoms with Crippen LogP contribution in [0.25, 0.3) is 0 Å². The van der Waals surface area contributed by atoms with Gasteiger partial charge in [0.05, 0.1) is 18.4 Å². The number of hydrogen-bond donors (Lipinski definition) is 1. The third-order valence-corrected chi connectivity index (χ3v) is 6.29. The maximum atomic E-state index is 12.3. The Bertz CT molecular complexity index is 679. The Labute approximate surface area is 136 Å². The van der Waals surface area contributed by atoms with Crippen LogP contribution in [0.15, 0.2) is 4.52 Å². The summed E-state index contributed by atoms with van der Waals surface area (Å²) in [5, 5.41) is 6.91. The molecule has 2 aliphatic rings. The van der Waals surface area contributed by atoms with Crippen LogP contribution in [-0.4, -0.2) is 48.2 Å². The van der Waals surface area contributed by atoms with Crippen molar-refractivity contribution in [1.29, 1.82) is 0 Å². The van der Waals surface area contributed by atoms with Crippen molar-refractivity contribution in [3.63, 3.8) is 0 Å². The Hall–Kier alpha value is -1.41. The van der Waals surface area contributed by atoms with Gasteiger partial charge in [-0.3, -0.25) is 4.79 Å². The van der Waals surface area contributed by atoms with Crippen LogP contribution in [0.3, 0.4) is 0 Å². The predicted molar refractivity (Wildman–Crippen MR) is 84.3 cm³/mol. The number of rotatable bonds is 4. The molecular formula is C15H23N3O4S. The van der Waals surface area contributed by atoms with Crippen molar-refractivity contribution >= 4 is 15.9 Å². The molecule has 8 heteroatoms. The molecule has 1 aromatic rings. The van der Waals surface area contributed by atoms with Crippen LogP contribution in [0.2, 0.25) is 0 Å². The van der Waals surface area contributed by atoms with Gasteiger partial charge >= 0.3 is 0 Å². The molecule has 0 spiro atoms. The summed E-state index contributed by atoms with van der Waals surface area (Å²) in [5.74, 6) is 0.612. The molecule has 128 valence electrons. The first-order valence-corrected chi connectivity index (χ1v) is 9.80. The van der Waals surface area contributed by atoms with Gasteiger partial charge in [0.15, 0.2) is 0 Å². The first-order valence-electron chi connectivity index (χ1n) is 7.95. The second-order valence-electron chi connectivity index (χ2n) is 6.69. The molecule has 2 unspecified atom stereocenters. The normalized spacial score (nSPS) is 28.0. The van der Waals surface area contributed by atoms with Crippen molar-refractivity contribution < 1.29 is 17.7 Å². The standard InChI is InChI=1S/C15H23N3O4S/c1-9-14(10(2)22-17-9)8-15(19)16-11-6-12-4-5-13(7-11)18(12)23(3,20)21/h11-13H,4-8H2,1-3H3,(H,16,19). The van der Waals surface area contributed by atoms with E-state index in [1.54, 1.807) is 11.2 Å². The number of aromatic nitrogens is 1. The zero-order valence-corrected chi connectivity index (χ0v) is 14.5. The number of sulfonamides is 1. The Morgan fingerprint density at radius 1 is 1.30 bits per heavy atom. The molecule has 2 aliphatic heterocycles. The highest BCUT2D eigenvalue weighted by Crippen LogP contribution is 2.37. The van der Waals surface area contributed by atoms with Crippen molar-refractivity contribution in [3.05, 3.63) is 17.0 Å². The molecule has 3 heterocycles. The summed E-state index contributed by atoms with van der Waals surface area (Å²) in [6, 6.07) is 0.0831. The van der Waals surface area contributed by atoms with Gasteiger partial charge in [0.1, 0.15) is 5.76 Å². The number of carbonyl (C=O) groups is 1. The maximum absolute atomic E-state index is 12.3. The van der Waals surface area contributed by atoms with E-state index >= 15 is 0 Å². The lowest BCUT2D eigenvalue weighted by molar-refractivity contribution is -0.121. The molecule has 2 saturated heterocycles. The molecule has 1 aromatic heterocycles. The summed E-state index contributed by atoms with van der Waals surface area (Å²) < 4.78 is 30.5. The van der Waals surface area contributed by atoms with E-state index in [4.69, 9.17) is 4.52 Å². The number of aryl methyl sites for hydroxylation is 2.